The van der Waals surface area contributed by atoms with E-state index in [-0.39, 0.29) is 10.9 Å². The van der Waals surface area contributed by atoms with Crippen LogP contribution in [-0.2, 0) is 6.54 Å². The Bertz CT molecular complexity index is 794. The Morgan fingerprint density at radius 3 is 2.84 bits per heavy atom. The normalized spacial score (nSPS) is 17.3. The van der Waals surface area contributed by atoms with Crippen molar-refractivity contribution in [2.45, 2.75) is 51.4 Å². The van der Waals surface area contributed by atoms with Crippen LogP contribution in [0.4, 0.5) is 0 Å². The standard InChI is InChI=1S/C20H28N2O2S/c1-4-5-6-7-11-22-16-9-8-14(2)13-15(16)18(24-3)17(20(22)23)19-21-10-12-25-19/h8-9,13,19,21H,4-7,10-12H2,1-3H3. The molecule has 4 nitrogen and oxygen atoms in total. The van der Waals surface area contributed by atoms with E-state index in [0.717, 1.165) is 53.9 Å². The minimum Gasteiger partial charge on any atom is -0.495 e. The lowest BCUT2D eigenvalue weighted by Gasteiger charge is -2.20. The van der Waals surface area contributed by atoms with Gasteiger partial charge in [-0.15, -0.1) is 11.8 Å². The molecule has 1 atom stereocenters. The van der Waals surface area contributed by atoms with E-state index in [0.29, 0.717) is 0 Å². The molecule has 1 aromatic carbocycles. The molecule has 1 saturated heterocycles. The van der Waals surface area contributed by atoms with Crippen LogP contribution >= 0.6 is 11.8 Å². The van der Waals surface area contributed by atoms with Crippen LogP contribution < -0.4 is 15.6 Å². The first-order chi connectivity index (χ1) is 12.2. The Balaban J connectivity index is 2.15. The Hall–Kier alpha value is -1.46. The van der Waals surface area contributed by atoms with Crippen molar-refractivity contribution in [3.05, 3.63) is 39.7 Å². The van der Waals surface area contributed by atoms with E-state index >= 15 is 0 Å². The first-order valence-electron chi connectivity index (χ1n) is 9.23. The molecule has 25 heavy (non-hydrogen) atoms. The van der Waals surface area contributed by atoms with Crippen molar-refractivity contribution < 1.29 is 4.74 Å². The number of ether oxygens (including phenoxy) is 1. The van der Waals surface area contributed by atoms with E-state index < -0.39 is 0 Å². The van der Waals surface area contributed by atoms with Crippen molar-refractivity contribution in [2.75, 3.05) is 19.4 Å². The molecule has 5 heteroatoms. The summed E-state index contributed by atoms with van der Waals surface area (Å²) in [6.07, 6.45) is 4.61. The van der Waals surface area contributed by atoms with E-state index in [1.54, 1.807) is 18.9 Å². The fourth-order valence-corrected chi connectivity index (χ4v) is 4.63. The van der Waals surface area contributed by atoms with Crippen molar-refractivity contribution in [1.82, 2.24) is 9.88 Å². The minimum absolute atomic E-state index is 0.0225. The fourth-order valence-electron chi connectivity index (χ4n) is 3.55. The quantitative estimate of drug-likeness (QED) is 0.750. The number of aromatic nitrogens is 1. The lowest BCUT2D eigenvalue weighted by Crippen LogP contribution is -2.29. The van der Waals surface area contributed by atoms with E-state index in [1.165, 1.54) is 18.4 Å². The van der Waals surface area contributed by atoms with Gasteiger partial charge in [0.25, 0.3) is 5.56 Å². The monoisotopic (exact) mass is 360 g/mol. The SMILES string of the molecule is CCCCCCn1c(=O)c(C2NCCS2)c(OC)c2cc(C)ccc21. The molecular weight excluding hydrogens is 332 g/mol. The summed E-state index contributed by atoms with van der Waals surface area (Å²) in [6.45, 7) is 5.99. The van der Waals surface area contributed by atoms with Gasteiger partial charge >= 0.3 is 0 Å². The van der Waals surface area contributed by atoms with Gasteiger partial charge in [-0.3, -0.25) is 4.79 Å². The van der Waals surface area contributed by atoms with Gasteiger partial charge in [0, 0.05) is 24.2 Å². The Labute approximate surface area is 153 Å². The maximum absolute atomic E-state index is 13.3. The summed E-state index contributed by atoms with van der Waals surface area (Å²) >= 11 is 1.79. The zero-order chi connectivity index (χ0) is 17.8. The predicted molar refractivity (Wildman–Crippen MR) is 107 cm³/mol. The second-order valence-electron chi connectivity index (χ2n) is 6.69. The highest BCUT2D eigenvalue weighted by molar-refractivity contribution is 7.99. The van der Waals surface area contributed by atoms with Crippen molar-refractivity contribution in [2.24, 2.45) is 0 Å². The third kappa shape index (κ3) is 3.72. The Morgan fingerprint density at radius 1 is 1.32 bits per heavy atom. The van der Waals surface area contributed by atoms with E-state index in [1.807, 2.05) is 4.57 Å². The van der Waals surface area contributed by atoms with Crippen LogP contribution in [0.25, 0.3) is 10.9 Å². The summed E-state index contributed by atoms with van der Waals surface area (Å²) in [6, 6.07) is 6.28. The van der Waals surface area contributed by atoms with Gasteiger partial charge in [-0.05, 0) is 25.5 Å². The van der Waals surface area contributed by atoms with Crippen LogP contribution in [0.1, 0.15) is 49.1 Å². The number of thioether (sulfide) groups is 1. The minimum atomic E-state index is 0.0225. The number of nitrogens with zero attached hydrogens (tertiary/aromatic N) is 1. The van der Waals surface area contributed by atoms with Gasteiger partial charge in [0.05, 0.1) is 23.6 Å². The number of rotatable bonds is 7. The van der Waals surface area contributed by atoms with E-state index in [4.69, 9.17) is 4.74 Å². The summed E-state index contributed by atoms with van der Waals surface area (Å²) in [4.78, 5) is 13.3. The molecule has 1 aromatic heterocycles. The largest absolute Gasteiger partial charge is 0.495 e. The first-order valence-corrected chi connectivity index (χ1v) is 10.3. The second-order valence-corrected chi connectivity index (χ2v) is 7.90. The molecule has 0 saturated carbocycles. The average Bonchev–Trinajstić information content (AvgIpc) is 3.13. The third-order valence-corrected chi connectivity index (χ3v) is 6.00. The number of benzene rings is 1. The summed E-state index contributed by atoms with van der Waals surface area (Å²) < 4.78 is 7.70. The Kier molecular flexibility index (Phi) is 6.07. The van der Waals surface area contributed by atoms with Crippen LogP contribution in [0.5, 0.6) is 5.75 Å². The highest BCUT2D eigenvalue weighted by atomic mass is 32.2. The topological polar surface area (TPSA) is 43.3 Å². The van der Waals surface area contributed by atoms with Crippen LogP contribution in [0.3, 0.4) is 0 Å². The molecule has 0 amide bonds. The van der Waals surface area contributed by atoms with E-state index in [9.17, 15) is 4.79 Å². The molecule has 0 bridgehead atoms. The number of fused-ring (bicyclic) bond motifs is 1. The van der Waals surface area contributed by atoms with Crippen LogP contribution in [0, 0.1) is 6.92 Å². The van der Waals surface area contributed by atoms with E-state index in [2.05, 4.69) is 37.4 Å². The van der Waals surface area contributed by atoms with Gasteiger partial charge < -0.3 is 14.6 Å². The van der Waals surface area contributed by atoms with Crippen LogP contribution in [-0.4, -0.2) is 24.0 Å². The molecule has 1 N–H and O–H groups in total. The van der Waals surface area contributed by atoms with Crippen molar-refractivity contribution in [3.8, 4) is 5.75 Å². The molecule has 136 valence electrons. The van der Waals surface area contributed by atoms with Gasteiger partial charge in [-0.25, -0.2) is 0 Å². The maximum atomic E-state index is 13.3. The zero-order valence-electron chi connectivity index (χ0n) is 15.4. The van der Waals surface area contributed by atoms with Crippen LogP contribution in [0.15, 0.2) is 23.0 Å². The maximum Gasteiger partial charge on any atom is 0.260 e. The van der Waals surface area contributed by atoms with Crippen molar-refractivity contribution in [1.29, 1.82) is 0 Å². The highest BCUT2D eigenvalue weighted by Gasteiger charge is 2.27. The Morgan fingerprint density at radius 2 is 2.16 bits per heavy atom. The molecule has 0 radical (unpaired) electrons. The molecule has 0 aliphatic carbocycles. The lowest BCUT2D eigenvalue weighted by atomic mass is 10.1. The zero-order valence-corrected chi connectivity index (χ0v) is 16.2. The molecule has 1 aliphatic rings. The molecule has 3 rings (SSSR count). The summed E-state index contributed by atoms with van der Waals surface area (Å²) in [5.41, 5.74) is 3.03. The molecule has 1 unspecified atom stereocenters. The van der Waals surface area contributed by atoms with Gasteiger partial charge in [-0.1, -0.05) is 37.8 Å². The van der Waals surface area contributed by atoms with Crippen LogP contribution in [0.2, 0.25) is 0 Å². The predicted octanol–water partition coefficient (Wildman–Crippen LogP) is 4.23. The molecule has 2 heterocycles. The van der Waals surface area contributed by atoms with Gasteiger partial charge in [0.15, 0.2) is 0 Å². The molecule has 1 fully saturated rings. The fraction of sp³-hybridized carbons (Fsp3) is 0.550. The molecular formula is C20H28N2O2S. The summed E-state index contributed by atoms with van der Waals surface area (Å²) in [7, 11) is 1.67. The number of pyridine rings is 1. The molecule has 0 spiro atoms. The average molecular weight is 361 g/mol. The number of hydrogen-bond acceptors (Lipinski definition) is 4. The number of hydrogen-bond donors (Lipinski definition) is 1. The first kappa shape index (κ1) is 18.3. The van der Waals surface area contributed by atoms with Gasteiger partial charge in [0.2, 0.25) is 0 Å². The van der Waals surface area contributed by atoms with Crippen molar-refractivity contribution >= 4 is 22.7 Å². The number of aryl methyl sites for hydroxylation is 2. The summed E-state index contributed by atoms with van der Waals surface area (Å²) in [5.74, 6) is 1.76. The second kappa shape index (κ2) is 8.28. The number of nitrogens with one attached hydrogen (secondary N) is 1. The highest BCUT2D eigenvalue weighted by Crippen LogP contribution is 2.37. The smallest absolute Gasteiger partial charge is 0.260 e. The summed E-state index contributed by atoms with van der Waals surface area (Å²) in [5, 5.41) is 4.51. The third-order valence-electron chi connectivity index (χ3n) is 4.83. The number of unbranched alkanes of at least 4 members (excludes halogenated alkanes) is 3. The van der Waals surface area contributed by atoms with Crippen molar-refractivity contribution in [3.63, 3.8) is 0 Å². The van der Waals surface area contributed by atoms with Gasteiger partial charge in [0.1, 0.15) is 5.75 Å². The lowest BCUT2D eigenvalue weighted by molar-refractivity contribution is 0.410. The number of methoxy groups -OCH3 is 1. The molecule has 1 aliphatic heterocycles. The molecule has 2 aromatic rings. The van der Waals surface area contributed by atoms with Gasteiger partial charge in [-0.2, -0.15) is 0 Å².